The van der Waals surface area contributed by atoms with Crippen molar-refractivity contribution in [3.05, 3.63) is 52.2 Å². The Kier molecular flexibility index (Phi) is 4.94. The normalized spacial score (nSPS) is 11.4. The van der Waals surface area contributed by atoms with Crippen molar-refractivity contribution in [3.63, 3.8) is 0 Å². The highest BCUT2D eigenvalue weighted by atomic mass is 32.2. The van der Waals surface area contributed by atoms with Gasteiger partial charge in [0, 0.05) is 6.54 Å². The molecule has 0 spiro atoms. The number of aryl methyl sites for hydroxylation is 1. The first-order valence-corrected chi connectivity index (χ1v) is 8.70. The molecule has 0 aliphatic carbocycles. The molecule has 0 unspecified atom stereocenters. The molecule has 5 nitrogen and oxygen atoms in total. The lowest BCUT2D eigenvalue weighted by atomic mass is 10.1. The van der Waals surface area contributed by atoms with Crippen molar-refractivity contribution in [1.82, 2.24) is 10.0 Å². The first kappa shape index (κ1) is 16.6. The number of hydrogen-bond acceptors (Lipinski definition) is 4. The van der Waals surface area contributed by atoms with Crippen LogP contribution in [0, 0.1) is 12.7 Å². The van der Waals surface area contributed by atoms with Gasteiger partial charge < -0.3 is 5.32 Å². The molecule has 2 rings (SSSR count). The summed E-state index contributed by atoms with van der Waals surface area (Å²) in [7, 11) is -2.24. The maximum absolute atomic E-state index is 13.4. The first-order valence-electron chi connectivity index (χ1n) is 6.40. The van der Waals surface area contributed by atoms with Crippen molar-refractivity contribution in [2.45, 2.75) is 17.7 Å². The standard InChI is InChI=1S/C14H15FN2O3S2/c1-9-3-4-10(7-11(9)15)8-17-14(18)12-5-6-13(21-12)22(19,20)16-2/h3-7,16H,8H2,1-2H3,(H,17,18). The van der Waals surface area contributed by atoms with Gasteiger partial charge in [0.05, 0.1) is 4.88 Å². The summed E-state index contributed by atoms with van der Waals surface area (Å²) >= 11 is 0.877. The lowest BCUT2D eigenvalue weighted by Gasteiger charge is -2.05. The second-order valence-corrected chi connectivity index (χ2v) is 7.79. The van der Waals surface area contributed by atoms with Crippen molar-refractivity contribution in [2.24, 2.45) is 0 Å². The third-order valence-corrected chi connectivity index (χ3v) is 6.02. The van der Waals surface area contributed by atoms with E-state index in [1.807, 2.05) is 0 Å². The average molecular weight is 342 g/mol. The van der Waals surface area contributed by atoms with Gasteiger partial charge in [0.1, 0.15) is 10.0 Å². The van der Waals surface area contributed by atoms with Crippen molar-refractivity contribution in [2.75, 3.05) is 7.05 Å². The van der Waals surface area contributed by atoms with E-state index in [0.717, 1.165) is 11.3 Å². The second-order valence-electron chi connectivity index (χ2n) is 4.59. The largest absolute Gasteiger partial charge is 0.347 e. The number of hydrogen-bond donors (Lipinski definition) is 2. The van der Waals surface area contributed by atoms with Gasteiger partial charge in [-0.05, 0) is 43.3 Å². The molecule has 0 saturated heterocycles. The lowest BCUT2D eigenvalue weighted by molar-refractivity contribution is 0.0955. The van der Waals surface area contributed by atoms with Gasteiger partial charge in [-0.2, -0.15) is 0 Å². The van der Waals surface area contributed by atoms with Gasteiger partial charge in [0.25, 0.3) is 5.91 Å². The zero-order valence-electron chi connectivity index (χ0n) is 12.0. The minimum atomic E-state index is -3.55. The minimum Gasteiger partial charge on any atom is -0.347 e. The first-order chi connectivity index (χ1) is 10.3. The molecule has 1 aromatic heterocycles. The third-order valence-electron chi connectivity index (χ3n) is 3.03. The lowest BCUT2D eigenvalue weighted by Crippen LogP contribution is -2.22. The van der Waals surface area contributed by atoms with Gasteiger partial charge in [0.2, 0.25) is 10.0 Å². The molecular weight excluding hydrogens is 327 g/mol. The monoisotopic (exact) mass is 342 g/mol. The van der Waals surface area contributed by atoms with E-state index in [1.165, 1.54) is 25.2 Å². The van der Waals surface area contributed by atoms with E-state index in [0.29, 0.717) is 11.1 Å². The van der Waals surface area contributed by atoms with Crippen LogP contribution in [0.2, 0.25) is 0 Å². The van der Waals surface area contributed by atoms with Crippen molar-refractivity contribution < 1.29 is 17.6 Å². The van der Waals surface area contributed by atoms with Crippen LogP contribution >= 0.6 is 11.3 Å². The fraction of sp³-hybridized carbons (Fsp3) is 0.214. The van der Waals surface area contributed by atoms with Crippen LogP contribution in [0.15, 0.2) is 34.5 Å². The number of sulfonamides is 1. The Labute approximate surface area is 132 Å². The molecule has 22 heavy (non-hydrogen) atoms. The Hall–Kier alpha value is -1.77. The molecule has 0 fully saturated rings. The Balaban J connectivity index is 2.05. The van der Waals surface area contributed by atoms with E-state index < -0.39 is 15.9 Å². The summed E-state index contributed by atoms with van der Waals surface area (Å²) in [5.41, 5.74) is 1.17. The Bertz CT molecular complexity index is 800. The summed E-state index contributed by atoms with van der Waals surface area (Å²) < 4.78 is 38.9. The van der Waals surface area contributed by atoms with E-state index >= 15 is 0 Å². The number of carbonyl (C=O) groups excluding carboxylic acids is 1. The SMILES string of the molecule is CNS(=O)(=O)c1ccc(C(=O)NCc2ccc(C)c(F)c2)s1. The number of carbonyl (C=O) groups is 1. The maximum Gasteiger partial charge on any atom is 0.261 e. The summed E-state index contributed by atoms with van der Waals surface area (Å²) in [6.07, 6.45) is 0. The topological polar surface area (TPSA) is 75.3 Å². The molecule has 0 aliphatic rings. The molecule has 1 amide bonds. The predicted octanol–water partition coefficient (Wildman–Crippen LogP) is 2.03. The van der Waals surface area contributed by atoms with Gasteiger partial charge in [-0.25, -0.2) is 17.5 Å². The highest BCUT2D eigenvalue weighted by Crippen LogP contribution is 2.21. The van der Waals surface area contributed by atoms with Crippen LogP contribution in [0.1, 0.15) is 20.8 Å². The van der Waals surface area contributed by atoms with Gasteiger partial charge in [-0.15, -0.1) is 11.3 Å². The Morgan fingerprint density at radius 1 is 1.27 bits per heavy atom. The maximum atomic E-state index is 13.4. The van der Waals surface area contributed by atoms with Crippen LogP contribution in [-0.4, -0.2) is 21.4 Å². The van der Waals surface area contributed by atoms with E-state index in [2.05, 4.69) is 10.0 Å². The van der Waals surface area contributed by atoms with Gasteiger partial charge in [0.15, 0.2) is 0 Å². The zero-order valence-corrected chi connectivity index (χ0v) is 13.6. The summed E-state index contributed by atoms with van der Waals surface area (Å²) in [6.45, 7) is 1.83. The van der Waals surface area contributed by atoms with E-state index in [4.69, 9.17) is 0 Å². The van der Waals surface area contributed by atoms with Gasteiger partial charge in [-0.3, -0.25) is 4.79 Å². The van der Waals surface area contributed by atoms with E-state index in [1.54, 1.807) is 19.1 Å². The molecule has 0 atom stereocenters. The Morgan fingerprint density at radius 2 is 2.00 bits per heavy atom. The zero-order chi connectivity index (χ0) is 16.3. The quantitative estimate of drug-likeness (QED) is 0.873. The van der Waals surface area contributed by atoms with Crippen LogP contribution in [0.3, 0.4) is 0 Å². The fourth-order valence-corrected chi connectivity index (χ4v) is 3.76. The fourth-order valence-electron chi connectivity index (χ4n) is 1.70. The molecule has 0 aliphatic heterocycles. The smallest absolute Gasteiger partial charge is 0.261 e. The molecule has 0 radical (unpaired) electrons. The molecule has 0 saturated carbocycles. The molecular formula is C14H15FN2O3S2. The highest BCUT2D eigenvalue weighted by Gasteiger charge is 2.17. The number of amides is 1. The van der Waals surface area contributed by atoms with E-state index in [9.17, 15) is 17.6 Å². The molecule has 8 heteroatoms. The van der Waals surface area contributed by atoms with Gasteiger partial charge >= 0.3 is 0 Å². The molecule has 1 aromatic carbocycles. The van der Waals surface area contributed by atoms with Gasteiger partial charge in [-0.1, -0.05) is 12.1 Å². The highest BCUT2D eigenvalue weighted by molar-refractivity contribution is 7.91. The summed E-state index contributed by atoms with van der Waals surface area (Å²) in [5.74, 6) is -0.728. The number of rotatable bonds is 5. The van der Waals surface area contributed by atoms with Crippen LogP contribution in [0.5, 0.6) is 0 Å². The Morgan fingerprint density at radius 3 is 2.64 bits per heavy atom. The number of halogens is 1. The molecule has 118 valence electrons. The summed E-state index contributed by atoms with van der Waals surface area (Å²) in [5, 5.41) is 2.63. The average Bonchev–Trinajstić information content (AvgIpc) is 2.99. The van der Waals surface area contributed by atoms with Crippen molar-refractivity contribution in [3.8, 4) is 0 Å². The molecule has 2 N–H and O–H groups in total. The van der Waals surface area contributed by atoms with Crippen molar-refractivity contribution in [1.29, 1.82) is 0 Å². The van der Waals surface area contributed by atoms with Crippen LogP contribution < -0.4 is 10.0 Å². The summed E-state index contributed by atoms with van der Waals surface area (Å²) in [6, 6.07) is 7.54. The van der Waals surface area contributed by atoms with Crippen LogP contribution in [-0.2, 0) is 16.6 Å². The van der Waals surface area contributed by atoms with Crippen molar-refractivity contribution >= 4 is 27.3 Å². The van der Waals surface area contributed by atoms with E-state index in [-0.39, 0.29) is 21.4 Å². The number of nitrogens with one attached hydrogen (secondary N) is 2. The molecule has 1 heterocycles. The van der Waals surface area contributed by atoms with Crippen LogP contribution in [0.4, 0.5) is 4.39 Å². The minimum absolute atomic E-state index is 0.0709. The predicted molar refractivity (Wildman–Crippen MR) is 82.9 cm³/mol. The molecule has 2 aromatic rings. The third kappa shape index (κ3) is 3.70. The second kappa shape index (κ2) is 6.55. The summed E-state index contributed by atoms with van der Waals surface area (Å²) in [4.78, 5) is 12.3. The number of thiophene rings is 1. The number of benzene rings is 1. The molecule has 0 bridgehead atoms. The van der Waals surface area contributed by atoms with Crippen LogP contribution in [0.25, 0.3) is 0 Å².